The van der Waals surface area contributed by atoms with Crippen molar-refractivity contribution in [2.75, 3.05) is 26.2 Å². The Morgan fingerprint density at radius 1 is 1.23 bits per heavy atom. The van der Waals surface area contributed by atoms with Crippen molar-refractivity contribution in [3.63, 3.8) is 0 Å². The van der Waals surface area contributed by atoms with Crippen LogP contribution in [0.3, 0.4) is 0 Å². The van der Waals surface area contributed by atoms with Crippen LogP contribution in [0.4, 0.5) is 0 Å². The van der Waals surface area contributed by atoms with Crippen LogP contribution in [0.2, 0.25) is 0 Å². The van der Waals surface area contributed by atoms with Gasteiger partial charge in [-0.25, -0.2) is 4.98 Å². The molecular formula is C14H25N5O2S. The molecule has 2 atom stereocenters. The van der Waals surface area contributed by atoms with Crippen molar-refractivity contribution < 1.29 is 8.42 Å². The molecule has 0 saturated carbocycles. The van der Waals surface area contributed by atoms with Gasteiger partial charge in [-0.1, -0.05) is 6.92 Å². The molecule has 124 valence electrons. The van der Waals surface area contributed by atoms with Crippen molar-refractivity contribution in [1.82, 2.24) is 18.2 Å². The maximum atomic E-state index is 12.8. The van der Waals surface area contributed by atoms with Gasteiger partial charge in [-0.15, -0.1) is 0 Å². The van der Waals surface area contributed by atoms with E-state index in [1.807, 2.05) is 17.8 Å². The molecule has 0 unspecified atom stereocenters. The van der Waals surface area contributed by atoms with Gasteiger partial charge < -0.3 is 10.3 Å². The third-order valence-corrected chi connectivity index (χ3v) is 6.80. The van der Waals surface area contributed by atoms with Crippen LogP contribution in [0.25, 0.3) is 0 Å². The average Bonchev–Trinajstić information content (AvgIpc) is 3.05. The van der Waals surface area contributed by atoms with E-state index < -0.39 is 10.2 Å². The largest absolute Gasteiger partial charge is 0.340 e. The van der Waals surface area contributed by atoms with Crippen LogP contribution in [-0.4, -0.2) is 58.8 Å². The standard InChI is InChI=1S/C14H25N5O2S/c1-11-3-5-18(6-4-11)22(20,21)19-7-12(13(15)8-19)14-9-17(2)10-16-14/h9-13H,3-8,15H2,1-2H3/t12-,13-/m1/s1. The Morgan fingerprint density at radius 3 is 2.50 bits per heavy atom. The number of piperidine rings is 1. The molecule has 0 bridgehead atoms. The van der Waals surface area contributed by atoms with Crippen molar-refractivity contribution in [2.24, 2.45) is 18.7 Å². The SMILES string of the molecule is CC1CCN(S(=O)(=O)N2C[C@@H](N)[C@H](c3cn(C)cn3)C2)CC1. The highest BCUT2D eigenvalue weighted by Gasteiger charge is 2.41. The Hall–Kier alpha value is -0.960. The molecule has 3 rings (SSSR count). The van der Waals surface area contributed by atoms with Gasteiger partial charge >= 0.3 is 0 Å². The third-order valence-electron chi connectivity index (χ3n) is 4.83. The lowest BCUT2D eigenvalue weighted by atomic mass is 10.0. The molecule has 1 aromatic heterocycles. The minimum Gasteiger partial charge on any atom is -0.340 e. The Kier molecular flexibility index (Phi) is 4.28. The number of rotatable bonds is 3. The molecule has 2 saturated heterocycles. The van der Waals surface area contributed by atoms with Gasteiger partial charge in [0.15, 0.2) is 0 Å². The zero-order valence-corrected chi connectivity index (χ0v) is 14.0. The monoisotopic (exact) mass is 327 g/mol. The van der Waals surface area contributed by atoms with Crippen LogP contribution >= 0.6 is 0 Å². The molecule has 3 heterocycles. The number of aryl methyl sites for hydroxylation is 1. The van der Waals surface area contributed by atoms with E-state index in [9.17, 15) is 8.42 Å². The molecule has 22 heavy (non-hydrogen) atoms. The van der Waals surface area contributed by atoms with E-state index >= 15 is 0 Å². The predicted molar refractivity (Wildman–Crippen MR) is 84.4 cm³/mol. The zero-order chi connectivity index (χ0) is 15.9. The predicted octanol–water partition coefficient (Wildman–Crippen LogP) is 0.123. The summed E-state index contributed by atoms with van der Waals surface area (Å²) in [5.41, 5.74) is 7.06. The van der Waals surface area contributed by atoms with Crippen LogP contribution in [0.1, 0.15) is 31.4 Å². The molecule has 0 amide bonds. The van der Waals surface area contributed by atoms with Crippen LogP contribution in [0.15, 0.2) is 12.5 Å². The first-order chi connectivity index (χ1) is 10.4. The fraction of sp³-hybridized carbons (Fsp3) is 0.786. The summed E-state index contributed by atoms with van der Waals surface area (Å²) >= 11 is 0. The number of nitrogens with zero attached hydrogens (tertiary/aromatic N) is 4. The smallest absolute Gasteiger partial charge is 0.282 e. The maximum absolute atomic E-state index is 12.8. The molecule has 7 nitrogen and oxygen atoms in total. The van der Waals surface area contributed by atoms with Crippen LogP contribution in [0, 0.1) is 5.92 Å². The van der Waals surface area contributed by atoms with Crippen LogP contribution in [0.5, 0.6) is 0 Å². The van der Waals surface area contributed by atoms with E-state index in [0.717, 1.165) is 18.5 Å². The van der Waals surface area contributed by atoms with Gasteiger partial charge in [0.2, 0.25) is 0 Å². The quantitative estimate of drug-likeness (QED) is 0.855. The molecule has 0 radical (unpaired) electrons. The van der Waals surface area contributed by atoms with Crippen molar-refractivity contribution in [2.45, 2.75) is 31.7 Å². The van der Waals surface area contributed by atoms with Crippen LogP contribution < -0.4 is 5.73 Å². The molecule has 1 aromatic rings. The molecule has 2 fully saturated rings. The van der Waals surface area contributed by atoms with Crippen molar-refractivity contribution in [3.8, 4) is 0 Å². The average molecular weight is 327 g/mol. The molecule has 0 spiro atoms. The summed E-state index contributed by atoms with van der Waals surface area (Å²) in [6.07, 6.45) is 5.51. The van der Waals surface area contributed by atoms with Gasteiger partial charge in [-0.3, -0.25) is 0 Å². The zero-order valence-electron chi connectivity index (χ0n) is 13.2. The van der Waals surface area contributed by atoms with E-state index in [-0.39, 0.29) is 12.0 Å². The second-order valence-corrected chi connectivity index (χ2v) is 8.57. The Labute approximate surface area is 132 Å². The fourth-order valence-electron chi connectivity index (χ4n) is 3.30. The summed E-state index contributed by atoms with van der Waals surface area (Å²) in [6, 6.07) is -0.201. The highest BCUT2D eigenvalue weighted by atomic mass is 32.2. The lowest BCUT2D eigenvalue weighted by Crippen LogP contribution is -2.46. The van der Waals surface area contributed by atoms with Gasteiger partial charge in [0.25, 0.3) is 10.2 Å². The summed E-state index contributed by atoms with van der Waals surface area (Å²) in [7, 11) is -1.50. The minimum atomic E-state index is -3.40. The molecule has 2 aliphatic heterocycles. The van der Waals surface area contributed by atoms with Crippen molar-refractivity contribution in [3.05, 3.63) is 18.2 Å². The normalized spacial score (nSPS) is 29.2. The molecule has 2 aliphatic rings. The van der Waals surface area contributed by atoms with Gasteiger partial charge in [-0.05, 0) is 18.8 Å². The van der Waals surface area contributed by atoms with E-state index in [1.54, 1.807) is 10.6 Å². The van der Waals surface area contributed by atoms with Gasteiger partial charge in [0.05, 0.1) is 12.0 Å². The topological polar surface area (TPSA) is 84.5 Å². The second-order valence-electron chi connectivity index (χ2n) is 6.64. The Bertz CT molecular complexity index is 621. The highest BCUT2D eigenvalue weighted by molar-refractivity contribution is 7.86. The molecule has 2 N–H and O–H groups in total. The summed E-state index contributed by atoms with van der Waals surface area (Å²) in [5.74, 6) is 0.577. The first-order valence-electron chi connectivity index (χ1n) is 7.86. The van der Waals surface area contributed by atoms with E-state index in [2.05, 4.69) is 11.9 Å². The molecule has 0 aromatic carbocycles. The summed E-state index contributed by atoms with van der Waals surface area (Å²) < 4.78 is 30.6. The van der Waals surface area contributed by atoms with Crippen LogP contribution in [-0.2, 0) is 17.3 Å². The number of aromatic nitrogens is 2. The molecule has 0 aliphatic carbocycles. The van der Waals surface area contributed by atoms with Crippen molar-refractivity contribution >= 4 is 10.2 Å². The maximum Gasteiger partial charge on any atom is 0.282 e. The van der Waals surface area contributed by atoms with E-state index in [4.69, 9.17) is 5.73 Å². The summed E-state index contributed by atoms with van der Waals surface area (Å²) in [6.45, 7) is 4.20. The number of nitrogens with two attached hydrogens (primary N) is 1. The number of hydrogen-bond donors (Lipinski definition) is 1. The first-order valence-corrected chi connectivity index (χ1v) is 9.26. The number of imidazole rings is 1. The first kappa shape index (κ1) is 15.9. The van der Waals surface area contributed by atoms with Gasteiger partial charge in [0.1, 0.15) is 0 Å². The highest BCUT2D eigenvalue weighted by Crippen LogP contribution is 2.29. The van der Waals surface area contributed by atoms with Crippen molar-refractivity contribution in [1.29, 1.82) is 0 Å². The lowest BCUT2D eigenvalue weighted by Gasteiger charge is -2.32. The Morgan fingerprint density at radius 2 is 1.91 bits per heavy atom. The second kappa shape index (κ2) is 5.92. The van der Waals surface area contributed by atoms with E-state index in [1.165, 1.54) is 4.31 Å². The molecular weight excluding hydrogens is 302 g/mol. The lowest BCUT2D eigenvalue weighted by molar-refractivity contribution is 0.270. The minimum absolute atomic E-state index is 0.0281. The third kappa shape index (κ3) is 2.92. The number of hydrogen-bond acceptors (Lipinski definition) is 4. The Balaban J connectivity index is 1.73. The van der Waals surface area contributed by atoms with Gasteiger partial charge in [0, 0.05) is 51.4 Å². The fourth-order valence-corrected chi connectivity index (χ4v) is 5.00. The van der Waals surface area contributed by atoms with Gasteiger partial charge in [-0.2, -0.15) is 17.0 Å². The summed E-state index contributed by atoms with van der Waals surface area (Å²) in [4.78, 5) is 4.34. The van der Waals surface area contributed by atoms with E-state index in [0.29, 0.717) is 32.1 Å². The molecule has 8 heteroatoms. The summed E-state index contributed by atoms with van der Waals surface area (Å²) in [5, 5.41) is 0.